The van der Waals surface area contributed by atoms with E-state index in [9.17, 15) is 0 Å². The minimum atomic E-state index is -0.102. The van der Waals surface area contributed by atoms with Gasteiger partial charge in [0.1, 0.15) is 11.9 Å². The molecule has 0 bridgehead atoms. The number of benzene rings is 2. The summed E-state index contributed by atoms with van der Waals surface area (Å²) < 4.78 is 6.09. The van der Waals surface area contributed by atoms with Crippen molar-refractivity contribution in [2.75, 3.05) is 36.1 Å². The molecule has 4 aromatic rings. The quantitative estimate of drug-likeness (QED) is 0.433. The van der Waals surface area contributed by atoms with Crippen molar-refractivity contribution in [2.24, 2.45) is 4.99 Å². The number of ether oxygens (including phenoxy) is 1. The number of aromatic amines is 1. The van der Waals surface area contributed by atoms with E-state index in [1.807, 2.05) is 48.7 Å². The number of allylic oxidation sites excluding steroid dienone is 1. The lowest BCUT2D eigenvalue weighted by Crippen LogP contribution is -2.46. The van der Waals surface area contributed by atoms with Crippen LogP contribution >= 0.6 is 0 Å². The second-order valence-corrected chi connectivity index (χ2v) is 8.46. The number of aliphatic imine (C=N–C) groups is 1. The molecule has 1 fully saturated rings. The predicted octanol–water partition coefficient (Wildman–Crippen LogP) is 3.28. The van der Waals surface area contributed by atoms with E-state index in [-0.39, 0.29) is 12.1 Å². The number of rotatable bonds is 4. The summed E-state index contributed by atoms with van der Waals surface area (Å²) in [6, 6.07) is 18.2. The van der Waals surface area contributed by atoms with Crippen LogP contribution < -0.4 is 16.4 Å². The molecule has 9 heteroatoms. The number of nitrogens with one attached hydrogen (secondary N) is 1. The van der Waals surface area contributed by atoms with Crippen LogP contribution in [0.4, 0.5) is 17.6 Å². The van der Waals surface area contributed by atoms with E-state index in [4.69, 9.17) is 16.2 Å². The zero-order chi connectivity index (χ0) is 23.1. The first-order valence-corrected chi connectivity index (χ1v) is 11.2. The Hall–Kier alpha value is -4.24. The van der Waals surface area contributed by atoms with E-state index in [0.29, 0.717) is 19.0 Å². The number of morpholine rings is 1. The van der Waals surface area contributed by atoms with Crippen LogP contribution in [0.15, 0.2) is 65.8 Å². The fourth-order valence-electron chi connectivity index (χ4n) is 4.49. The largest absolute Gasteiger partial charge is 0.382 e. The fourth-order valence-corrected chi connectivity index (χ4v) is 4.49. The summed E-state index contributed by atoms with van der Waals surface area (Å²) >= 11 is 0. The van der Waals surface area contributed by atoms with Crippen LogP contribution in [0.2, 0.25) is 0 Å². The average Bonchev–Trinajstić information content (AvgIpc) is 3.52. The van der Waals surface area contributed by atoms with Crippen LogP contribution in [0.5, 0.6) is 0 Å². The maximum Gasteiger partial charge on any atom is 0.222 e. The molecule has 9 nitrogen and oxygen atoms in total. The van der Waals surface area contributed by atoms with Gasteiger partial charge in [-0.25, -0.2) is 4.98 Å². The molecule has 2 aliphatic heterocycles. The Bertz CT molecular complexity index is 1430. The number of aromatic nitrogens is 4. The van der Waals surface area contributed by atoms with Crippen LogP contribution in [0.1, 0.15) is 12.0 Å². The van der Waals surface area contributed by atoms with Gasteiger partial charge in [0, 0.05) is 36.2 Å². The molecule has 2 aromatic heterocycles. The molecular formula is C25H24N8O. The second kappa shape index (κ2) is 8.27. The summed E-state index contributed by atoms with van der Waals surface area (Å²) in [5.74, 6) is 1.48. The first-order chi connectivity index (χ1) is 16.6. The Kier molecular flexibility index (Phi) is 4.96. The van der Waals surface area contributed by atoms with Crippen molar-refractivity contribution in [1.82, 2.24) is 20.2 Å². The molecule has 4 heterocycles. The highest BCUT2D eigenvalue weighted by atomic mass is 16.5. The predicted molar refractivity (Wildman–Crippen MR) is 134 cm³/mol. The topological polar surface area (TPSA) is 131 Å². The van der Waals surface area contributed by atoms with Crippen LogP contribution in [0.3, 0.4) is 0 Å². The average molecular weight is 453 g/mol. The van der Waals surface area contributed by atoms with Gasteiger partial charge in [-0.05, 0) is 23.3 Å². The van der Waals surface area contributed by atoms with E-state index in [0.717, 1.165) is 46.7 Å². The van der Waals surface area contributed by atoms with Crippen molar-refractivity contribution in [3.8, 4) is 11.3 Å². The first-order valence-electron chi connectivity index (χ1n) is 11.2. The summed E-state index contributed by atoms with van der Waals surface area (Å²) in [5.41, 5.74) is 17.9. The standard InChI is InChI=1S/C25H24N8O/c26-24-18-7-6-16(10-20(18)31-32-24)19-12-23(30-25(27)29-19)33-8-9-34-22(14-33)21-11-17(13-28-21)15-4-2-1-3-5-15/h1-7,10,12-13,22H,8-9,11,14H2,(H3,26,31,32)(H2,27,29,30). The Labute approximate surface area is 196 Å². The SMILES string of the molecule is Nc1nc(-c2ccc3c(N)n[nH]c3c2)cc(N2CCOC(C3=NC=C(c4ccccc4)C3)C2)n1. The van der Waals surface area contributed by atoms with Gasteiger partial charge in [0.15, 0.2) is 5.82 Å². The van der Waals surface area contributed by atoms with E-state index in [1.165, 1.54) is 11.1 Å². The molecule has 0 radical (unpaired) electrons. The van der Waals surface area contributed by atoms with E-state index in [2.05, 4.69) is 42.2 Å². The van der Waals surface area contributed by atoms with E-state index >= 15 is 0 Å². The number of fused-ring (bicyclic) bond motifs is 1. The van der Waals surface area contributed by atoms with Crippen molar-refractivity contribution in [2.45, 2.75) is 12.5 Å². The molecule has 6 rings (SSSR count). The van der Waals surface area contributed by atoms with Gasteiger partial charge in [-0.1, -0.05) is 36.4 Å². The maximum absolute atomic E-state index is 6.11. The minimum Gasteiger partial charge on any atom is -0.382 e. The molecule has 2 aliphatic rings. The normalized spacial score (nSPS) is 18.2. The van der Waals surface area contributed by atoms with Crippen LogP contribution in [-0.4, -0.2) is 51.7 Å². The van der Waals surface area contributed by atoms with Gasteiger partial charge >= 0.3 is 0 Å². The number of nitrogens with two attached hydrogens (primary N) is 2. The number of hydrogen-bond acceptors (Lipinski definition) is 8. The summed E-state index contributed by atoms with van der Waals surface area (Å²) in [5, 5.41) is 7.89. The highest BCUT2D eigenvalue weighted by molar-refractivity contribution is 6.01. The molecule has 1 atom stereocenters. The lowest BCUT2D eigenvalue weighted by molar-refractivity contribution is 0.0829. The first kappa shape index (κ1) is 20.4. The van der Waals surface area contributed by atoms with Crippen molar-refractivity contribution < 1.29 is 4.74 Å². The number of nitrogen functional groups attached to an aromatic ring is 2. The maximum atomic E-state index is 6.11. The third kappa shape index (κ3) is 3.75. The molecule has 2 aromatic carbocycles. The highest BCUT2D eigenvalue weighted by Gasteiger charge is 2.28. The summed E-state index contributed by atoms with van der Waals surface area (Å²) in [6.07, 6.45) is 2.63. The Morgan fingerprint density at radius 1 is 1.00 bits per heavy atom. The van der Waals surface area contributed by atoms with Crippen molar-refractivity contribution in [1.29, 1.82) is 0 Å². The highest BCUT2D eigenvalue weighted by Crippen LogP contribution is 2.30. The van der Waals surface area contributed by atoms with E-state index < -0.39 is 0 Å². The second-order valence-electron chi connectivity index (χ2n) is 8.46. The smallest absolute Gasteiger partial charge is 0.222 e. The van der Waals surface area contributed by atoms with Crippen LogP contribution in [-0.2, 0) is 4.74 Å². The third-order valence-electron chi connectivity index (χ3n) is 6.28. The lowest BCUT2D eigenvalue weighted by atomic mass is 10.0. The Morgan fingerprint density at radius 2 is 1.88 bits per heavy atom. The monoisotopic (exact) mass is 452 g/mol. The van der Waals surface area contributed by atoms with Gasteiger partial charge in [0.25, 0.3) is 0 Å². The molecule has 0 amide bonds. The zero-order valence-corrected chi connectivity index (χ0v) is 18.5. The molecule has 5 N–H and O–H groups in total. The molecular weight excluding hydrogens is 428 g/mol. The molecule has 1 saturated heterocycles. The van der Waals surface area contributed by atoms with Crippen LogP contribution in [0.25, 0.3) is 27.7 Å². The molecule has 0 aliphatic carbocycles. The minimum absolute atomic E-state index is 0.102. The third-order valence-corrected chi connectivity index (χ3v) is 6.28. The van der Waals surface area contributed by atoms with Gasteiger partial charge in [-0.15, -0.1) is 0 Å². The Balaban J connectivity index is 1.22. The number of nitrogens with zero attached hydrogens (tertiary/aromatic N) is 5. The summed E-state index contributed by atoms with van der Waals surface area (Å²) in [4.78, 5) is 15.9. The van der Waals surface area contributed by atoms with E-state index in [1.54, 1.807) is 0 Å². The number of hydrogen-bond donors (Lipinski definition) is 3. The van der Waals surface area contributed by atoms with Gasteiger partial charge < -0.3 is 21.1 Å². The molecule has 34 heavy (non-hydrogen) atoms. The number of anilines is 3. The van der Waals surface area contributed by atoms with Crippen LogP contribution in [0, 0.1) is 0 Å². The van der Waals surface area contributed by atoms with Crippen molar-refractivity contribution in [3.63, 3.8) is 0 Å². The molecule has 0 saturated carbocycles. The lowest BCUT2D eigenvalue weighted by Gasteiger charge is -2.34. The van der Waals surface area contributed by atoms with Gasteiger partial charge in [-0.2, -0.15) is 10.1 Å². The fraction of sp³-hybridized carbons (Fsp3) is 0.200. The van der Waals surface area contributed by atoms with Gasteiger partial charge in [0.2, 0.25) is 5.95 Å². The molecule has 0 spiro atoms. The summed E-state index contributed by atoms with van der Waals surface area (Å²) in [6.45, 7) is 1.96. The van der Waals surface area contributed by atoms with Gasteiger partial charge in [-0.3, -0.25) is 10.1 Å². The molecule has 170 valence electrons. The van der Waals surface area contributed by atoms with Crippen molar-refractivity contribution in [3.05, 3.63) is 66.4 Å². The van der Waals surface area contributed by atoms with Gasteiger partial charge in [0.05, 0.1) is 30.1 Å². The zero-order valence-electron chi connectivity index (χ0n) is 18.5. The van der Waals surface area contributed by atoms with Crippen molar-refractivity contribution >= 4 is 39.8 Å². The number of H-pyrrole nitrogens is 1. The Morgan fingerprint density at radius 3 is 2.76 bits per heavy atom. The molecule has 1 unspecified atom stereocenters. The summed E-state index contributed by atoms with van der Waals surface area (Å²) in [7, 11) is 0.